The fourth-order valence-electron chi connectivity index (χ4n) is 3.46. The SMILES string of the molecule is CCNC(=O)[C@H](CC)N(Cc1ccc(C)cc1)C(=O)CN(c1ccccc1F)S(=O)(=O)N(C)C. The second-order valence-corrected chi connectivity index (χ2v) is 10.1. The fraction of sp³-hybridized carbons (Fsp3) is 0.417. The molecule has 0 heterocycles. The number of likely N-dealkylation sites (N-methyl/N-ethyl adjacent to an activating group) is 1. The van der Waals surface area contributed by atoms with Gasteiger partial charge < -0.3 is 10.2 Å². The molecule has 0 aromatic heterocycles. The highest BCUT2D eigenvalue weighted by Gasteiger charge is 2.34. The molecule has 0 aliphatic carbocycles. The smallest absolute Gasteiger partial charge is 0.304 e. The van der Waals surface area contributed by atoms with Crippen molar-refractivity contribution in [2.75, 3.05) is 31.5 Å². The molecule has 0 aliphatic rings. The van der Waals surface area contributed by atoms with E-state index < -0.39 is 34.5 Å². The average Bonchev–Trinajstić information content (AvgIpc) is 2.79. The van der Waals surface area contributed by atoms with Gasteiger partial charge in [0, 0.05) is 27.2 Å². The van der Waals surface area contributed by atoms with Crippen molar-refractivity contribution in [2.24, 2.45) is 0 Å². The van der Waals surface area contributed by atoms with Gasteiger partial charge in [-0.15, -0.1) is 0 Å². The lowest BCUT2D eigenvalue weighted by molar-refractivity contribution is -0.140. The first-order chi connectivity index (χ1) is 16.0. The molecule has 0 radical (unpaired) electrons. The van der Waals surface area contributed by atoms with Gasteiger partial charge in [-0.2, -0.15) is 12.7 Å². The number of halogens is 1. The van der Waals surface area contributed by atoms with Crippen LogP contribution in [0, 0.1) is 12.7 Å². The van der Waals surface area contributed by atoms with Gasteiger partial charge in [0.1, 0.15) is 18.4 Å². The number of hydrogen-bond donors (Lipinski definition) is 1. The minimum absolute atomic E-state index is 0.0991. The molecule has 0 saturated heterocycles. The van der Waals surface area contributed by atoms with Gasteiger partial charge in [-0.3, -0.25) is 9.59 Å². The van der Waals surface area contributed by atoms with Crippen molar-refractivity contribution in [3.63, 3.8) is 0 Å². The molecule has 2 rings (SSSR count). The molecule has 8 nitrogen and oxygen atoms in total. The molecule has 1 atom stereocenters. The van der Waals surface area contributed by atoms with Gasteiger partial charge in [0.15, 0.2) is 0 Å². The van der Waals surface area contributed by atoms with E-state index in [1.54, 1.807) is 13.8 Å². The molecule has 2 aromatic carbocycles. The van der Waals surface area contributed by atoms with Crippen molar-refractivity contribution in [1.29, 1.82) is 0 Å². The third-order valence-corrected chi connectivity index (χ3v) is 7.16. The zero-order valence-electron chi connectivity index (χ0n) is 20.3. The number of rotatable bonds is 11. The van der Waals surface area contributed by atoms with Crippen LogP contribution >= 0.6 is 0 Å². The molecule has 1 N–H and O–H groups in total. The first kappa shape index (κ1) is 27.3. The Bertz CT molecular complexity index is 1090. The van der Waals surface area contributed by atoms with Crippen LogP contribution in [0.1, 0.15) is 31.4 Å². The van der Waals surface area contributed by atoms with Crippen molar-refractivity contribution in [3.05, 3.63) is 65.5 Å². The Balaban J connectivity index is 2.50. The molecule has 0 aliphatic heterocycles. The van der Waals surface area contributed by atoms with Gasteiger partial charge >= 0.3 is 10.2 Å². The fourth-order valence-corrected chi connectivity index (χ4v) is 4.52. The highest BCUT2D eigenvalue weighted by molar-refractivity contribution is 7.90. The quantitative estimate of drug-likeness (QED) is 0.522. The number of carbonyl (C=O) groups excluding carboxylic acids is 2. The predicted molar refractivity (Wildman–Crippen MR) is 131 cm³/mol. The van der Waals surface area contributed by atoms with E-state index in [2.05, 4.69) is 5.32 Å². The summed E-state index contributed by atoms with van der Waals surface area (Å²) in [6.07, 6.45) is 0.323. The minimum atomic E-state index is -4.21. The summed E-state index contributed by atoms with van der Waals surface area (Å²) in [5.41, 5.74) is 1.58. The second-order valence-electron chi connectivity index (χ2n) is 8.07. The zero-order chi connectivity index (χ0) is 25.5. The molecule has 0 spiro atoms. The van der Waals surface area contributed by atoms with Crippen LogP contribution in [0.25, 0.3) is 0 Å². The molecule has 0 saturated carbocycles. The molecule has 0 fully saturated rings. The summed E-state index contributed by atoms with van der Waals surface area (Å²) in [7, 11) is -1.59. The third-order valence-electron chi connectivity index (χ3n) is 5.35. The van der Waals surface area contributed by atoms with Crippen molar-refractivity contribution in [1.82, 2.24) is 14.5 Å². The molecule has 34 heavy (non-hydrogen) atoms. The number of nitrogens with one attached hydrogen (secondary N) is 1. The maximum absolute atomic E-state index is 14.6. The zero-order valence-corrected chi connectivity index (χ0v) is 21.1. The first-order valence-electron chi connectivity index (χ1n) is 11.1. The Morgan fingerprint density at radius 3 is 2.18 bits per heavy atom. The van der Waals surface area contributed by atoms with Gasteiger partial charge in [0.2, 0.25) is 11.8 Å². The summed E-state index contributed by atoms with van der Waals surface area (Å²) in [5.74, 6) is -1.73. The van der Waals surface area contributed by atoms with Crippen LogP contribution in [0.15, 0.2) is 48.5 Å². The number of carbonyl (C=O) groups is 2. The predicted octanol–water partition coefficient (Wildman–Crippen LogP) is 2.69. The van der Waals surface area contributed by atoms with Crippen LogP contribution in [0.4, 0.5) is 10.1 Å². The molecule has 0 bridgehead atoms. The van der Waals surface area contributed by atoms with Crippen LogP contribution in [0.2, 0.25) is 0 Å². The molecule has 2 aromatic rings. The minimum Gasteiger partial charge on any atom is -0.355 e. The summed E-state index contributed by atoms with van der Waals surface area (Å²) in [6, 6.07) is 12.0. The van der Waals surface area contributed by atoms with Gasteiger partial charge in [-0.1, -0.05) is 48.9 Å². The maximum Gasteiger partial charge on any atom is 0.304 e. The number of benzene rings is 2. The van der Waals surface area contributed by atoms with Crippen molar-refractivity contribution >= 4 is 27.7 Å². The van der Waals surface area contributed by atoms with Gasteiger partial charge in [0.05, 0.1) is 5.69 Å². The Morgan fingerprint density at radius 1 is 1.03 bits per heavy atom. The van der Waals surface area contributed by atoms with E-state index >= 15 is 0 Å². The summed E-state index contributed by atoms with van der Waals surface area (Å²) >= 11 is 0. The van der Waals surface area contributed by atoms with Crippen LogP contribution in [0.3, 0.4) is 0 Å². The topological polar surface area (TPSA) is 90.0 Å². The number of hydrogen-bond acceptors (Lipinski definition) is 4. The monoisotopic (exact) mass is 492 g/mol. The largest absolute Gasteiger partial charge is 0.355 e. The average molecular weight is 493 g/mol. The molecule has 0 unspecified atom stereocenters. The lowest BCUT2D eigenvalue weighted by atomic mass is 10.1. The van der Waals surface area contributed by atoms with E-state index in [0.717, 1.165) is 25.8 Å². The first-order valence-corrected chi connectivity index (χ1v) is 12.5. The summed E-state index contributed by atoms with van der Waals surface area (Å²) in [4.78, 5) is 27.7. The maximum atomic E-state index is 14.6. The molecular weight excluding hydrogens is 459 g/mol. The highest BCUT2D eigenvalue weighted by atomic mass is 32.2. The van der Waals surface area contributed by atoms with Gasteiger partial charge in [-0.05, 0) is 38.0 Å². The van der Waals surface area contributed by atoms with E-state index in [1.807, 2.05) is 31.2 Å². The van der Waals surface area contributed by atoms with E-state index in [0.29, 0.717) is 13.0 Å². The number of amides is 2. The van der Waals surface area contributed by atoms with E-state index in [-0.39, 0.29) is 18.1 Å². The van der Waals surface area contributed by atoms with E-state index in [9.17, 15) is 22.4 Å². The number of anilines is 1. The Morgan fingerprint density at radius 2 is 1.65 bits per heavy atom. The normalized spacial score (nSPS) is 12.3. The Labute approximate surface area is 201 Å². The van der Waals surface area contributed by atoms with Gasteiger partial charge in [-0.25, -0.2) is 8.70 Å². The highest BCUT2D eigenvalue weighted by Crippen LogP contribution is 2.24. The second kappa shape index (κ2) is 11.9. The Hall–Kier alpha value is -2.98. The summed E-state index contributed by atoms with van der Waals surface area (Å²) in [6.45, 7) is 5.32. The van der Waals surface area contributed by atoms with Crippen LogP contribution in [-0.4, -0.2) is 62.7 Å². The number of aryl methyl sites for hydroxylation is 1. The van der Waals surface area contributed by atoms with E-state index in [1.165, 1.54) is 37.2 Å². The number of para-hydroxylation sites is 1. The van der Waals surface area contributed by atoms with Gasteiger partial charge in [0.25, 0.3) is 0 Å². The standard InChI is InChI=1S/C24H33FN4O4S/c1-6-21(24(31)26-7-2)28(16-19-14-12-18(3)13-15-19)23(30)17-29(34(32,33)27(4)5)22-11-9-8-10-20(22)25/h8-15,21H,6-7,16-17H2,1-5H3,(H,26,31)/t21-/m0/s1. The summed E-state index contributed by atoms with van der Waals surface area (Å²) < 4.78 is 42.4. The van der Waals surface area contributed by atoms with Crippen molar-refractivity contribution in [3.8, 4) is 0 Å². The van der Waals surface area contributed by atoms with Crippen molar-refractivity contribution in [2.45, 2.75) is 39.8 Å². The number of nitrogens with zero attached hydrogens (tertiary/aromatic N) is 3. The van der Waals surface area contributed by atoms with Crippen LogP contribution < -0.4 is 9.62 Å². The van der Waals surface area contributed by atoms with Crippen LogP contribution in [0.5, 0.6) is 0 Å². The molecule has 10 heteroatoms. The lowest BCUT2D eigenvalue weighted by Crippen LogP contribution is -2.53. The molecular formula is C24H33FN4O4S. The lowest BCUT2D eigenvalue weighted by Gasteiger charge is -2.34. The molecule has 2 amide bonds. The molecule has 186 valence electrons. The van der Waals surface area contributed by atoms with E-state index in [4.69, 9.17) is 0 Å². The third kappa shape index (κ3) is 6.54. The van der Waals surface area contributed by atoms with Crippen LogP contribution in [-0.2, 0) is 26.3 Å². The summed E-state index contributed by atoms with van der Waals surface area (Å²) in [5, 5.41) is 2.74. The van der Waals surface area contributed by atoms with Crippen molar-refractivity contribution < 1.29 is 22.4 Å². The Kier molecular flexibility index (Phi) is 9.57.